The fourth-order valence-corrected chi connectivity index (χ4v) is 4.68. The standard InChI is InChI=1S/C23H34N6.HI/c1-24-23(26-18-12-13-29(16-18)19-8-4-5-9-19)25-15-17-14-22(28(2)3)27-21-11-7-6-10-20(17)21;/h6-7,10-11,14,18-19H,4-5,8-9,12-13,15-16H2,1-3H3,(H2,24,25,26);1H. The van der Waals surface area contributed by atoms with Crippen molar-refractivity contribution in [3.63, 3.8) is 0 Å². The molecule has 0 spiro atoms. The molecule has 1 atom stereocenters. The number of benzene rings is 1. The van der Waals surface area contributed by atoms with Crippen LogP contribution in [0.3, 0.4) is 0 Å². The molecule has 0 radical (unpaired) electrons. The summed E-state index contributed by atoms with van der Waals surface area (Å²) in [6, 6.07) is 11.8. The zero-order valence-electron chi connectivity index (χ0n) is 18.4. The molecule has 4 rings (SSSR count). The minimum absolute atomic E-state index is 0. The molecule has 1 unspecified atom stereocenters. The molecule has 6 nitrogen and oxygen atoms in total. The van der Waals surface area contributed by atoms with E-state index in [0.29, 0.717) is 6.04 Å². The van der Waals surface area contributed by atoms with Crippen molar-refractivity contribution < 1.29 is 0 Å². The van der Waals surface area contributed by atoms with Gasteiger partial charge in [-0.25, -0.2) is 4.98 Å². The monoisotopic (exact) mass is 522 g/mol. The molecule has 1 saturated carbocycles. The van der Waals surface area contributed by atoms with E-state index in [4.69, 9.17) is 4.98 Å². The number of para-hydroxylation sites is 1. The molecule has 164 valence electrons. The molecule has 2 fully saturated rings. The van der Waals surface area contributed by atoms with Crippen LogP contribution < -0.4 is 15.5 Å². The lowest BCUT2D eigenvalue weighted by Crippen LogP contribution is -2.45. The lowest BCUT2D eigenvalue weighted by Gasteiger charge is -2.24. The van der Waals surface area contributed by atoms with Crippen LogP contribution in [0.1, 0.15) is 37.7 Å². The summed E-state index contributed by atoms with van der Waals surface area (Å²) in [6.07, 6.45) is 6.75. The molecule has 2 heterocycles. The fraction of sp³-hybridized carbons (Fsp3) is 0.565. The van der Waals surface area contributed by atoms with Gasteiger partial charge in [0.15, 0.2) is 5.96 Å². The van der Waals surface area contributed by atoms with Gasteiger partial charge in [-0.1, -0.05) is 31.0 Å². The topological polar surface area (TPSA) is 55.8 Å². The Morgan fingerprint density at radius 3 is 2.70 bits per heavy atom. The zero-order chi connectivity index (χ0) is 20.2. The number of hydrogen-bond donors (Lipinski definition) is 2. The molecule has 1 aromatic heterocycles. The summed E-state index contributed by atoms with van der Waals surface area (Å²) >= 11 is 0. The van der Waals surface area contributed by atoms with Gasteiger partial charge in [-0.15, -0.1) is 24.0 Å². The molecule has 1 aliphatic carbocycles. The van der Waals surface area contributed by atoms with Gasteiger partial charge < -0.3 is 15.5 Å². The maximum absolute atomic E-state index is 4.76. The van der Waals surface area contributed by atoms with E-state index in [-0.39, 0.29) is 24.0 Å². The normalized spacial score (nSPS) is 20.4. The van der Waals surface area contributed by atoms with Crippen LogP contribution in [0.4, 0.5) is 5.82 Å². The Hall–Kier alpha value is -1.61. The highest BCUT2D eigenvalue weighted by atomic mass is 127. The van der Waals surface area contributed by atoms with Crippen LogP contribution in [-0.2, 0) is 6.54 Å². The second-order valence-corrected chi connectivity index (χ2v) is 8.54. The van der Waals surface area contributed by atoms with Gasteiger partial charge in [0, 0.05) is 58.2 Å². The number of rotatable bonds is 5. The number of fused-ring (bicyclic) bond motifs is 1. The van der Waals surface area contributed by atoms with Crippen molar-refractivity contribution >= 4 is 46.7 Å². The number of aromatic nitrogens is 1. The van der Waals surface area contributed by atoms with Crippen LogP contribution in [0.25, 0.3) is 10.9 Å². The molecule has 7 heteroatoms. The molecule has 2 aliphatic rings. The van der Waals surface area contributed by atoms with Gasteiger partial charge in [0.2, 0.25) is 0 Å². The minimum atomic E-state index is 0. The number of halogens is 1. The molecule has 2 aromatic rings. The Morgan fingerprint density at radius 2 is 1.97 bits per heavy atom. The second kappa shape index (κ2) is 10.6. The van der Waals surface area contributed by atoms with Crippen molar-refractivity contribution in [2.45, 2.75) is 50.7 Å². The number of pyridine rings is 1. The van der Waals surface area contributed by atoms with Crippen LogP contribution in [0.15, 0.2) is 35.3 Å². The van der Waals surface area contributed by atoms with Crippen molar-refractivity contribution in [2.75, 3.05) is 39.1 Å². The van der Waals surface area contributed by atoms with Gasteiger partial charge >= 0.3 is 0 Å². The third-order valence-electron chi connectivity index (χ3n) is 6.32. The van der Waals surface area contributed by atoms with Gasteiger partial charge in [-0.3, -0.25) is 9.89 Å². The first-order valence-electron chi connectivity index (χ1n) is 10.9. The quantitative estimate of drug-likeness (QED) is 0.357. The van der Waals surface area contributed by atoms with E-state index in [1.54, 1.807) is 0 Å². The lowest BCUT2D eigenvalue weighted by molar-refractivity contribution is 0.242. The first-order valence-corrected chi connectivity index (χ1v) is 10.9. The summed E-state index contributed by atoms with van der Waals surface area (Å²) in [4.78, 5) is 14.0. The molecular formula is C23H35IN6. The summed E-state index contributed by atoms with van der Waals surface area (Å²) in [5.41, 5.74) is 2.27. The van der Waals surface area contributed by atoms with Crippen molar-refractivity contribution in [1.82, 2.24) is 20.5 Å². The number of nitrogens with zero attached hydrogens (tertiary/aromatic N) is 4. The van der Waals surface area contributed by atoms with E-state index in [9.17, 15) is 0 Å². The number of aliphatic imine (C=N–C) groups is 1. The van der Waals surface area contributed by atoms with Crippen LogP contribution in [0.5, 0.6) is 0 Å². The van der Waals surface area contributed by atoms with Gasteiger partial charge in [0.05, 0.1) is 5.52 Å². The van der Waals surface area contributed by atoms with E-state index in [1.807, 2.05) is 27.2 Å². The van der Waals surface area contributed by atoms with Crippen molar-refractivity contribution in [1.29, 1.82) is 0 Å². The average Bonchev–Trinajstić information content (AvgIpc) is 3.42. The molecular weight excluding hydrogens is 487 g/mol. The summed E-state index contributed by atoms with van der Waals surface area (Å²) in [5, 5.41) is 8.36. The van der Waals surface area contributed by atoms with E-state index < -0.39 is 0 Å². The molecule has 1 aromatic carbocycles. The third-order valence-corrected chi connectivity index (χ3v) is 6.32. The Kier molecular flexibility index (Phi) is 8.16. The number of hydrogen-bond acceptors (Lipinski definition) is 4. The lowest BCUT2D eigenvalue weighted by atomic mass is 10.1. The zero-order valence-corrected chi connectivity index (χ0v) is 20.7. The van der Waals surface area contributed by atoms with E-state index >= 15 is 0 Å². The number of anilines is 1. The summed E-state index contributed by atoms with van der Waals surface area (Å²) < 4.78 is 0. The summed E-state index contributed by atoms with van der Waals surface area (Å²) in [5.74, 6) is 1.86. The number of likely N-dealkylation sites (tertiary alicyclic amines) is 1. The highest BCUT2D eigenvalue weighted by Gasteiger charge is 2.30. The van der Waals surface area contributed by atoms with Gasteiger partial charge in [0.25, 0.3) is 0 Å². The van der Waals surface area contributed by atoms with E-state index in [0.717, 1.165) is 36.4 Å². The van der Waals surface area contributed by atoms with Gasteiger partial charge in [-0.05, 0) is 37.0 Å². The Morgan fingerprint density at radius 1 is 1.20 bits per heavy atom. The van der Waals surface area contributed by atoms with Gasteiger partial charge in [-0.2, -0.15) is 0 Å². The molecule has 1 aliphatic heterocycles. The average molecular weight is 522 g/mol. The van der Waals surface area contributed by atoms with Crippen molar-refractivity contribution in [3.05, 3.63) is 35.9 Å². The van der Waals surface area contributed by atoms with Gasteiger partial charge in [0.1, 0.15) is 5.82 Å². The summed E-state index contributed by atoms with van der Waals surface area (Å²) in [7, 11) is 5.92. The molecule has 0 amide bonds. The molecule has 1 saturated heterocycles. The highest BCUT2D eigenvalue weighted by Crippen LogP contribution is 2.26. The Labute approximate surface area is 197 Å². The van der Waals surface area contributed by atoms with Crippen LogP contribution in [-0.4, -0.2) is 62.2 Å². The summed E-state index contributed by atoms with van der Waals surface area (Å²) in [6.45, 7) is 3.07. The van der Waals surface area contributed by atoms with Crippen LogP contribution in [0, 0.1) is 0 Å². The number of nitrogens with one attached hydrogen (secondary N) is 2. The highest BCUT2D eigenvalue weighted by molar-refractivity contribution is 14.0. The maximum atomic E-state index is 4.76. The van der Waals surface area contributed by atoms with E-state index in [2.05, 4.69) is 49.7 Å². The van der Waals surface area contributed by atoms with Crippen LogP contribution >= 0.6 is 24.0 Å². The molecule has 30 heavy (non-hydrogen) atoms. The smallest absolute Gasteiger partial charge is 0.191 e. The third kappa shape index (κ3) is 5.35. The predicted molar refractivity (Wildman–Crippen MR) is 137 cm³/mol. The maximum Gasteiger partial charge on any atom is 0.191 e. The largest absolute Gasteiger partial charge is 0.363 e. The van der Waals surface area contributed by atoms with Crippen molar-refractivity contribution in [3.8, 4) is 0 Å². The fourth-order valence-electron chi connectivity index (χ4n) is 4.68. The van der Waals surface area contributed by atoms with E-state index in [1.165, 1.54) is 49.6 Å². The SMILES string of the molecule is CN=C(NCc1cc(N(C)C)nc2ccccc12)NC1CCN(C2CCCC2)C1.I. The Balaban J connectivity index is 0.00000256. The molecule has 2 N–H and O–H groups in total. The first kappa shape index (κ1) is 23.1. The van der Waals surface area contributed by atoms with Crippen molar-refractivity contribution in [2.24, 2.45) is 4.99 Å². The minimum Gasteiger partial charge on any atom is -0.363 e. The first-order chi connectivity index (χ1) is 14.1. The predicted octanol–water partition coefficient (Wildman–Crippen LogP) is 3.60. The Bertz CT molecular complexity index is 862. The molecule has 0 bridgehead atoms. The second-order valence-electron chi connectivity index (χ2n) is 8.54. The number of guanidine groups is 1. The van der Waals surface area contributed by atoms with Crippen LogP contribution in [0.2, 0.25) is 0 Å².